The van der Waals surface area contributed by atoms with Crippen molar-refractivity contribution in [3.63, 3.8) is 0 Å². The zero-order valence-electron chi connectivity index (χ0n) is 14.8. The molecule has 0 fully saturated rings. The van der Waals surface area contributed by atoms with Gasteiger partial charge in [0.05, 0.1) is 4.90 Å². The van der Waals surface area contributed by atoms with Crippen LogP contribution in [-0.4, -0.2) is 50.9 Å². The second-order valence-corrected chi connectivity index (χ2v) is 7.86. The van der Waals surface area contributed by atoms with Crippen LogP contribution in [0.3, 0.4) is 0 Å². The Kier molecular flexibility index (Phi) is 6.60. The van der Waals surface area contributed by atoms with E-state index in [0.29, 0.717) is 12.5 Å². The first-order chi connectivity index (χ1) is 11.9. The van der Waals surface area contributed by atoms with Crippen molar-refractivity contribution in [1.82, 2.24) is 19.5 Å². The van der Waals surface area contributed by atoms with E-state index in [-0.39, 0.29) is 4.90 Å². The zero-order valence-corrected chi connectivity index (χ0v) is 15.6. The van der Waals surface area contributed by atoms with E-state index in [9.17, 15) is 8.42 Å². The van der Waals surface area contributed by atoms with Crippen molar-refractivity contribution in [3.8, 4) is 0 Å². The fourth-order valence-electron chi connectivity index (χ4n) is 2.22. The maximum Gasteiger partial charge on any atom is 0.242 e. The monoisotopic (exact) mass is 363 g/mol. The summed E-state index contributed by atoms with van der Waals surface area (Å²) in [6, 6.07) is 10.8. The van der Waals surface area contributed by atoms with Crippen LogP contribution >= 0.6 is 0 Å². The molecular weight excluding hydrogens is 338 g/mol. The molecule has 0 radical (unpaired) electrons. The van der Waals surface area contributed by atoms with Crippen molar-refractivity contribution in [2.45, 2.75) is 18.0 Å². The van der Waals surface area contributed by atoms with Crippen LogP contribution in [0.15, 0.2) is 58.7 Å². The van der Waals surface area contributed by atoms with Crippen LogP contribution in [0, 0.1) is 0 Å². The summed E-state index contributed by atoms with van der Waals surface area (Å²) in [6.07, 6.45) is 4.03. The molecule has 2 N–H and O–H groups in total. The Labute approximate surface area is 149 Å². The Morgan fingerprint density at radius 2 is 1.76 bits per heavy atom. The minimum absolute atomic E-state index is 0.287. The molecule has 25 heavy (non-hydrogen) atoms. The largest absolute Gasteiger partial charge is 0.355 e. The summed E-state index contributed by atoms with van der Waals surface area (Å²) in [5.41, 5.74) is 0.978. The molecule has 0 amide bonds. The van der Waals surface area contributed by atoms with Gasteiger partial charge in [0.25, 0.3) is 0 Å². The highest BCUT2D eigenvalue weighted by Gasteiger charge is 2.16. The van der Waals surface area contributed by atoms with Gasteiger partial charge in [-0.3, -0.25) is 4.99 Å². The number of rotatable bonds is 7. The molecule has 0 aliphatic heterocycles. The van der Waals surface area contributed by atoms with E-state index in [1.54, 1.807) is 31.3 Å². The smallest absolute Gasteiger partial charge is 0.242 e. The molecule has 0 aliphatic carbocycles. The molecule has 2 aromatic rings. The number of guanidine groups is 1. The summed E-state index contributed by atoms with van der Waals surface area (Å²) in [4.78, 5) is 4.47. The minimum Gasteiger partial charge on any atom is -0.355 e. The van der Waals surface area contributed by atoms with E-state index in [1.165, 1.54) is 18.4 Å². The molecule has 0 spiro atoms. The molecule has 0 bridgehead atoms. The molecule has 1 heterocycles. The van der Waals surface area contributed by atoms with Gasteiger partial charge in [-0.05, 0) is 29.8 Å². The maximum absolute atomic E-state index is 12.1. The van der Waals surface area contributed by atoms with Gasteiger partial charge >= 0.3 is 0 Å². The number of hydrogen-bond acceptors (Lipinski definition) is 3. The quantitative estimate of drug-likeness (QED) is 0.570. The first-order valence-electron chi connectivity index (χ1n) is 8.00. The molecule has 1 aromatic heterocycles. The number of nitrogens with zero attached hydrogens (tertiary/aromatic N) is 3. The number of aliphatic imine (C=N–C) groups is 1. The van der Waals surface area contributed by atoms with Crippen LogP contribution in [0.4, 0.5) is 0 Å². The highest BCUT2D eigenvalue weighted by Crippen LogP contribution is 2.13. The average molecular weight is 363 g/mol. The molecule has 0 aliphatic rings. The predicted octanol–water partition coefficient (Wildman–Crippen LogP) is 1.10. The predicted molar refractivity (Wildman–Crippen MR) is 99.9 cm³/mol. The van der Waals surface area contributed by atoms with Crippen LogP contribution < -0.4 is 10.6 Å². The van der Waals surface area contributed by atoms with Crippen molar-refractivity contribution in [1.29, 1.82) is 0 Å². The van der Waals surface area contributed by atoms with Gasteiger partial charge in [0.2, 0.25) is 10.0 Å². The van der Waals surface area contributed by atoms with E-state index in [1.807, 2.05) is 24.5 Å². The van der Waals surface area contributed by atoms with E-state index in [4.69, 9.17) is 0 Å². The summed E-state index contributed by atoms with van der Waals surface area (Å²) in [6.45, 7) is 2.17. The molecule has 1 aromatic carbocycles. The zero-order chi connectivity index (χ0) is 18.3. The van der Waals surface area contributed by atoms with Crippen LogP contribution in [0.5, 0.6) is 0 Å². The molecule has 0 unspecified atom stereocenters. The lowest BCUT2D eigenvalue weighted by Gasteiger charge is -2.13. The van der Waals surface area contributed by atoms with Crippen LogP contribution in [0.2, 0.25) is 0 Å². The van der Waals surface area contributed by atoms with Crippen LogP contribution in [0.25, 0.3) is 0 Å². The fourth-order valence-corrected chi connectivity index (χ4v) is 3.12. The number of nitrogens with one attached hydrogen (secondary N) is 2. The summed E-state index contributed by atoms with van der Waals surface area (Å²) in [7, 11) is 1.38. The summed E-state index contributed by atoms with van der Waals surface area (Å²) >= 11 is 0. The van der Waals surface area contributed by atoms with Crippen molar-refractivity contribution in [2.24, 2.45) is 4.99 Å². The summed E-state index contributed by atoms with van der Waals surface area (Å²) < 4.78 is 27.4. The third-order valence-corrected chi connectivity index (χ3v) is 5.54. The van der Waals surface area contributed by atoms with Gasteiger partial charge in [-0.2, -0.15) is 0 Å². The molecule has 8 heteroatoms. The number of benzene rings is 1. The topological polar surface area (TPSA) is 78.7 Å². The Morgan fingerprint density at radius 3 is 2.32 bits per heavy atom. The number of aromatic nitrogens is 1. The average Bonchev–Trinajstić information content (AvgIpc) is 3.11. The van der Waals surface area contributed by atoms with Gasteiger partial charge in [-0.15, -0.1) is 0 Å². The van der Waals surface area contributed by atoms with Crippen molar-refractivity contribution < 1.29 is 8.42 Å². The molecule has 0 saturated carbocycles. The van der Waals surface area contributed by atoms with Gasteiger partial charge in [-0.25, -0.2) is 12.7 Å². The van der Waals surface area contributed by atoms with E-state index >= 15 is 0 Å². The number of sulfonamides is 1. The first-order valence-corrected chi connectivity index (χ1v) is 9.44. The van der Waals surface area contributed by atoms with Crippen LogP contribution in [0.1, 0.15) is 5.56 Å². The summed E-state index contributed by atoms with van der Waals surface area (Å²) in [5.74, 6) is 0.706. The maximum atomic E-state index is 12.1. The van der Waals surface area contributed by atoms with Gasteiger partial charge in [0.15, 0.2) is 5.96 Å². The lowest BCUT2D eigenvalue weighted by molar-refractivity contribution is 0.520. The first kappa shape index (κ1) is 19.0. The van der Waals surface area contributed by atoms with Crippen molar-refractivity contribution in [3.05, 3.63) is 54.4 Å². The molecule has 7 nitrogen and oxygen atoms in total. The minimum atomic E-state index is -3.39. The third kappa shape index (κ3) is 5.33. The number of hydrogen-bond donors (Lipinski definition) is 2. The normalized spacial score (nSPS) is 12.4. The van der Waals surface area contributed by atoms with Crippen molar-refractivity contribution in [2.75, 3.05) is 27.7 Å². The van der Waals surface area contributed by atoms with Gasteiger partial charge < -0.3 is 15.2 Å². The molecule has 2 rings (SSSR count). The molecule has 136 valence electrons. The van der Waals surface area contributed by atoms with E-state index in [0.717, 1.165) is 18.7 Å². The fraction of sp³-hybridized carbons (Fsp3) is 0.353. The van der Waals surface area contributed by atoms with Gasteiger partial charge in [-0.1, -0.05) is 12.1 Å². The molecule has 0 saturated heterocycles. The lowest BCUT2D eigenvalue weighted by Crippen LogP contribution is -2.38. The van der Waals surface area contributed by atoms with Gasteiger partial charge in [0.1, 0.15) is 0 Å². The Hall–Kier alpha value is -2.32. The van der Waals surface area contributed by atoms with Crippen LogP contribution in [-0.2, 0) is 23.1 Å². The second-order valence-electron chi connectivity index (χ2n) is 5.70. The Balaban J connectivity index is 1.85. The standard InChI is InChI=1S/C17H25N5O2S/c1-18-17(19-10-13-22-11-4-5-12-22)20-14-15-6-8-16(9-7-15)25(23,24)21(2)3/h4-9,11-12H,10,13-14H2,1-3H3,(H2,18,19,20). The SMILES string of the molecule is CN=C(NCCn1cccc1)NCc1ccc(S(=O)(=O)N(C)C)cc1. The lowest BCUT2D eigenvalue weighted by atomic mass is 10.2. The third-order valence-electron chi connectivity index (χ3n) is 3.71. The Morgan fingerprint density at radius 1 is 1.12 bits per heavy atom. The summed E-state index contributed by atoms with van der Waals surface area (Å²) in [5, 5.41) is 6.46. The van der Waals surface area contributed by atoms with Crippen molar-refractivity contribution >= 4 is 16.0 Å². The Bertz CT molecular complexity index is 781. The highest BCUT2D eigenvalue weighted by molar-refractivity contribution is 7.89. The molecular formula is C17H25N5O2S. The highest BCUT2D eigenvalue weighted by atomic mass is 32.2. The molecule has 0 atom stereocenters. The second kappa shape index (κ2) is 8.68. The van der Waals surface area contributed by atoms with E-state index < -0.39 is 10.0 Å². The van der Waals surface area contributed by atoms with E-state index in [2.05, 4.69) is 20.2 Å². The van der Waals surface area contributed by atoms with Gasteiger partial charge in [0, 0.05) is 53.2 Å².